The Balaban J connectivity index is 2.02. The van der Waals surface area contributed by atoms with E-state index in [1.165, 1.54) is 5.56 Å². The van der Waals surface area contributed by atoms with E-state index in [1.807, 2.05) is 23.9 Å². The van der Waals surface area contributed by atoms with Crippen LogP contribution in [0.2, 0.25) is 5.02 Å². The quantitative estimate of drug-likeness (QED) is 0.870. The maximum absolute atomic E-state index is 6.27. The van der Waals surface area contributed by atoms with Crippen LogP contribution in [-0.2, 0) is 11.2 Å². The van der Waals surface area contributed by atoms with Gasteiger partial charge in [-0.2, -0.15) is 11.8 Å². The van der Waals surface area contributed by atoms with E-state index in [2.05, 4.69) is 24.4 Å². The minimum atomic E-state index is 0.293. The summed E-state index contributed by atoms with van der Waals surface area (Å²) in [6, 6.07) is 8.46. The van der Waals surface area contributed by atoms with Gasteiger partial charge in [-0.25, -0.2) is 0 Å². The molecule has 0 spiro atoms. The molecule has 2 nitrogen and oxygen atoms in total. The van der Waals surface area contributed by atoms with Crippen molar-refractivity contribution in [1.29, 1.82) is 0 Å². The van der Waals surface area contributed by atoms with Crippen LogP contribution in [0.4, 0.5) is 0 Å². The smallest absolute Gasteiger partial charge is 0.0821 e. The van der Waals surface area contributed by atoms with Gasteiger partial charge in [0.2, 0.25) is 0 Å². The normalized spacial score (nSPS) is 21.3. The average Bonchev–Trinajstić information content (AvgIpc) is 2.46. The maximum Gasteiger partial charge on any atom is 0.0821 e. The molecular weight excluding hydrogens is 278 g/mol. The Bertz CT molecular complexity index is 382. The summed E-state index contributed by atoms with van der Waals surface area (Å²) in [6.07, 6.45) is 2.37. The summed E-state index contributed by atoms with van der Waals surface area (Å²) in [5.41, 5.74) is 1.21. The van der Waals surface area contributed by atoms with E-state index >= 15 is 0 Å². The molecule has 2 unspecified atom stereocenters. The average molecular weight is 300 g/mol. The van der Waals surface area contributed by atoms with Gasteiger partial charge in [0.1, 0.15) is 0 Å². The molecule has 0 radical (unpaired) electrons. The van der Waals surface area contributed by atoms with E-state index in [9.17, 15) is 0 Å². The van der Waals surface area contributed by atoms with Gasteiger partial charge >= 0.3 is 0 Å². The van der Waals surface area contributed by atoms with Gasteiger partial charge < -0.3 is 10.1 Å². The lowest BCUT2D eigenvalue weighted by atomic mass is 10.0. The molecule has 2 atom stereocenters. The number of ether oxygens (including phenoxy) is 1. The molecule has 2 rings (SSSR count). The number of hydrogen-bond donors (Lipinski definition) is 1. The third-order valence-electron chi connectivity index (χ3n) is 3.34. The largest absolute Gasteiger partial charge is 0.375 e. The van der Waals surface area contributed by atoms with Crippen molar-refractivity contribution in [2.45, 2.75) is 31.9 Å². The minimum absolute atomic E-state index is 0.293. The Kier molecular flexibility index (Phi) is 6.51. The third kappa shape index (κ3) is 4.67. The van der Waals surface area contributed by atoms with Gasteiger partial charge in [-0.1, -0.05) is 36.7 Å². The molecule has 1 saturated heterocycles. The molecule has 1 heterocycles. The predicted molar refractivity (Wildman–Crippen MR) is 84.3 cm³/mol. The lowest BCUT2D eigenvalue weighted by Crippen LogP contribution is -2.46. The van der Waals surface area contributed by atoms with Crippen molar-refractivity contribution >= 4 is 23.4 Å². The highest BCUT2D eigenvalue weighted by atomic mass is 35.5. The summed E-state index contributed by atoms with van der Waals surface area (Å²) >= 11 is 8.25. The zero-order valence-corrected chi connectivity index (χ0v) is 13.0. The van der Waals surface area contributed by atoms with Crippen LogP contribution in [-0.4, -0.2) is 36.8 Å². The van der Waals surface area contributed by atoms with E-state index in [0.717, 1.165) is 42.5 Å². The summed E-state index contributed by atoms with van der Waals surface area (Å²) in [5.74, 6) is 2.19. The topological polar surface area (TPSA) is 21.3 Å². The lowest BCUT2D eigenvalue weighted by Gasteiger charge is -2.31. The van der Waals surface area contributed by atoms with Gasteiger partial charge in [-0.15, -0.1) is 0 Å². The molecule has 4 heteroatoms. The summed E-state index contributed by atoms with van der Waals surface area (Å²) in [4.78, 5) is 0. The zero-order chi connectivity index (χ0) is 13.5. The number of hydrogen-bond acceptors (Lipinski definition) is 3. The SMILES string of the molecule is CCCNC(Cc1ccccc1Cl)C1CSCCO1. The van der Waals surface area contributed by atoms with Gasteiger partial charge in [-0.3, -0.25) is 0 Å². The Labute approximate surface area is 125 Å². The Hall–Kier alpha value is -0.220. The van der Waals surface area contributed by atoms with Crippen LogP contribution < -0.4 is 5.32 Å². The number of rotatable bonds is 6. The van der Waals surface area contributed by atoms with Crippen LogP contribution in [0.5, 0.6) is 0 Å². The molecule has 1 aromatic rings. The standard InChI is InChI=1S/C15H22ClNOS/c1-2-7-17-14(15-11-19-9-8-18-15)10-12-5-3-4-6-13(12)16/h3-6,14-15,17H,2,7-11H2,1H3. The third-order valence-corrected chi connectivity index (χ3v) is 4.73. The highest BCUT2D eigenvalue weighted by Crippen LogP contribution is 2.21. The van der Waals surface area contributed by atoms with Crippen molar-refractivity contribution in [2.24, 2.45) is 0 Å². The highest BCUT2D eigenvalue weighted by molar-refractivity contribution is 7.99. The number of thioether (sulfide) groups is 1. The summed E-state index contributed by atoms with van der Waals surface area (Å²) in [5, 5.41) is 4.47. The van der Waals surface area contributed by atoms with E-state index in [4.69, 9.17) is 16.3 Å². The fourth-order valence-electron chi connectivity index (χ4n) is 2.30. The van der Waals surface area contributed by atoms with Gasteiger partial charge in [-0.05, 0) is 31.0 Å². The molecule has 0 aromatic heterocycles. The molecule has 1 aromatic carbocycles. The monoisotopic (exact) mass is 299 g/mol. The van der Waals surface area contributed by atoms with Gasteiger partial charge in [0.25, 0.3) is 0 Å². The first-order valence-electron chi connectivity index (χ1n) is 6.97. The van der Waals surface area contributed by atoms with Gasteiger partial charge in [0.05, 0.1) is 12.7 Å². The highest BCUT2D eigenvalue weighted by Gasteiger charge is 2.25. The lowest BCUT2D eigenvalue weighted by molar-refractivity contribution is 0.0472. The van der Waals surface area contributed by atoms with Crippen molar-refractivity contribution in [3.63, 3.8) is 0 Å². The van der Waals surface area contributed by atoms with E-state index in [1.54, 1.807) is 0 Å². The van der Waals surface area contributed by atoms with E-state index in [-0.39, 0.29) is 0 Å². The van der Waals surface area contributed by atoms with Crippen LogP contribution in [0.25, 0.3) is 0 Å². The summed E-state index contributed by atoms with van der Waals surface area (Å²) < 4.78 is 5.92. The van der Waals surface area contributed by atoms with Crippen molar-refractivity contribution in [3.8, 4) is 0 Å². The van der Waals surface area contributed by atoms with Gasteiger partial charge in [0.15, 0.2) is 0 Å². The zero-order valence-electron chi connectivity index (χ0n) is 11.4. The van der Waals surface area contributed by atoms with Crippen LogP contribution >= 0.6 is 23.4 Å². The van der Waals surface area contributed by atoms with E-state index < -0.39 is 0 Å². The molecule has 106 valence electrons. The van der Waals surface area contributed by atoms with Crippen molar-refractivity contribution in [3.05, 3.63) is 34.9 Å². The molecule has 1 N–H and O–H groups in total. The van der Waals surface area contributed by atoms with Crippen LogP contribution in [0, 0.1) is 0 Å². The van der Waals surface area contributed by atoms with Crippen molar-refractivity contribution in [2.75, 3.05) is 24.7 Å². The summed E-state index contributed by atoms with van der Waals surface area (Å²) in [6.45, 7) is 4.08. The minimum Gasteiger partial charge on any atom is -0.375 e. The number of nitrogens with one attached hydrogen (secondary N) is 1. The van der Waals surface area contributed by atoms with Crippen molar-refractivity contribution < 1.29 is 4.74 Å². The maximum atomic E-state index is 6.27. The Morgan fingerprint density at radius 2 is 2.32 bits per heavy atom. The molecule has 0 saturated carbocycles. The fourth-order valence-corrected chi connectivity index (χ4v) is 3.46. The van der Waals surface area contributed by atoms with Crippen LogP contribution in [0.3, 0.4) is 0 Å². The first-order valence-corrected chi connectivity index (χ1v) is 8.50. The predicted octanol–water partition coefficient (Wildman–Crippen LogP) is 3.38. The second kappa shape index (κ2) is 8.15. The van der Waals surface area contributed by atoms with Crippen LogP contribution in [0.1, 0.15) is 18.9 Å². The molecule has 0 aliphatic carbocycles. The van der Waals surface area contributed by atoms with Crippen LogP contribution in [0.15, 0.2) is 24.3 Å². The van der Waals surface area contributed by atoms with Crippen molar-refractivity contribution in [1.82, 2.24) is 5.32 Å². The molecular formula is C15H22ClNOS. The van der Waals surface area contributed by atoms with Gasteiger partial charge in [0, 0.05) is 22.6 Å². The first kappa shape index (κ1) is 15.2. The molecule has 0 bridgehead atoms. The first-order chi connectivity index (χ1) is 9.31. The number of benzene rings is 1. The molecule has 1 aliphatic heterocycles. The fraction of sp³-hybridized carbons (Fsp3) is 0.600. The van der Waals surface area contributed by atoms with E-state index in [0.29, 0.717) is 12.1 Å². The Morgan fingerprint density at radius 3 is 3.00 bits per heavy atom. The molecule has 1 fully saturated rings. The molecule has 19 heavy (non-hydrogen) atoms. The summed E-state index contributed by atoms with van der Waals surface area (Å²) in [7, 11) is 0. The number of halogens is 1. The Morgan fingerprint density at radius 1 is 1.47 bits per heavy atom. The second-order valence-corrected chi connectivity index (χ2v) is 6.40. The molecule has 1 aliphatic rings. The second-order valence-electron chi connectivity index (χ2n) is 4.84. The molecule has 0 amide bonds.